The van der Waals surface area contributed by atoms with Gasteiger partial charge in [-0.1, -0.05) is 6.07 Å². The molecular weight excluding hydrogens is 320 g/mol. The maximum absolute atomic E-state index is 12.2. The van der Waals surface area contributed by atoms with E-state index in [1.54, 1.807) is 12.1 Å². The first-order valence-electron chi connectivity index (χ1n) is 8.08. The average Bonchev–Trinajstić information content (AvgIpc) is 3.03. The molecule has 25 heavy (non-hydrogen) atoms. The monoisotopic (exact) mass is 340 g/mol. The standard InChI is InChI=1S/C19H20N2O4/c1-12-9-15(5-6-16(12)20-13(2)22)21-19(23)8-4-14-3-7-17-18(10-14)25-11-24-17/h3,5-7,9-10H,4,8,11H2,1-2H3,(H,20,22)(H,21,23). The molecule has 6 heteroatoms. The van der Waals surface area contributed by atoms with Gasteiger partial charge in [0, 0.05) is 24.7 Å². The summed E-state index contributed by atoms with van der Waals surface area (Å²) in [7, 11) is 0. The number of benzene rings is 2. The maximum atomic E-state index is 12.2. The number of hydrogen-bond acceptors (Lipinski definition) is 4. The van der Waals surface area contributed by atoms with Crippen LogP contribution in [0.5, 0.6) is 11.5 Å². The fourth-order valence-electron chi connectivity index (χ4n) is 2.65. The largest absolute Gasteiger partial charge is 0.454 e. The zero-order valence-electron chi connectivity index (χ0n) is 14.2. The third-order valence-electron chi connectivity index (χ3n) is 3.90. The summed E-state index contributed by atoms with van der Waals surface area (Å²) in [5.74, 6) is 1.28. The third kappa shape index (κ3) is 4.29. The lowest BCUT2D eigenvalue weighted by Gasteiger charge is -2.10. The van der Waals surface area contributed by atoms with Crippen LogP contribution in [0.4, 0.5) is 11.4 Å². The second-order valence-corrected chi connectivity index (χ2v) is 5.95. The molecule has 0 saturated heterocycles. The van der Waals surface area contributed by atoms with Crippen molar-refractivity contribution in [3.63, 3.8) is 0 Å². The van der Waals surface area contributed by atoms with Crippen LogP contribution >= 0.6 is 0 Å². The molecule has 1 aliphatic rings. The van der Waals surface area contributed by atoms with Gasteiger partial charge in [0.05, 0.1) is 0 Å². The first kappa shape index (κ1) is 16.8. The Kier molecular flexibility index (Phi) is 4.88. The summed E-state index contributed by atoms with van der Waals surface area (Å²) in [5, 5.41) is 5.63. The van der Waals surface area contributed by atoms with Crippen LogP contribution in [0.15, 0.2) is 36.4 Å². The van der Waals surface area contributed by atoms with E-state index in [0.29, 0.717) is 18.5 Å². The van der Waals surface area contributed by atoms with Crippen LogP contribution in [0.1, 0.15) is 24.5 Å². The maximum Gasteiger partial charge on any atom is 0.231 e. The van der Waals surface area contributed by atoms with Crippen molar-refractivity contribution in [2.75, 3.05) is 17.4 Å². The zero-order chi connectivity index (χ0) is 17.8. The number of carbonyl (C=O) groups excluding carboxylic acids is 2. The van der Waals surface area contributed by atoms with Crippen molar-refractivity contribution in [2.24, 2.45) is 0 Å². The van der Waals surface area contributed by atoms with Gasteiger partial charge in [0.25, 0.3) is 0 Å². The number of carbonyl (C=O) groups is 2. The van der Waals surface area contributed by atoms with Crippen LogP contribution in [-0.2, 0) is 16.0 Å². The van der Waals surface area contributed by atoms with Gasteiger partial charge in [-0.3, -0.25) is 9.59 Å². The molecule has 130 valence electrons. The molecular formula is C19H20N2O4. The van der Waals surface area contributed by atoms with E-state index in [-0.39, 0.29) is 18.6 Å². The van der Waals surface area contributed by atoms with Gasteiger partial charge < -0.3 is 20.1 Å². The fraction of sp³-hybridized carbons (Fsp3) is 0.263. The van der Waals surface area contributed by atoms with Gasteiger partial charge >= 0.3 is 0 Å². The van der Waals surface area contributed by atoms with Crippen molar-refractivity contribution in [1.82, 2.24) is 0 Å². The summed E-state index contributed by atoms with van der Waals surface area (Å²) in [4.78, 5) is 23.3. The minimum Gasteiger partial charge on any atom is -0.454 e. The molecule has 0 fully saturated rings. The molecule has 0 unspecified atom stereocenters. The Labute approximate surface area is 146 Å². The first-order valence-corrected chi connectivity index (χ1v) is 8.08. The van der Waals surface area contributed by atoms with E-state index in [4.69, 9.17) is 9.47 Å². The minimum atomic E-state index is -0.122. The highest BCUT2D eigenvalue weighted by Crippen LogP contribution is 2.32. The molecule has 0 bridgehead atoms. The van der Waals surface area contributed by atoms with E-state index in [1.165, 1.54) is 6.92 Å². The van der Waals surface area contributed by atoms with E-state index in [0.717, 1.165) is 28.3 Å². The predicted molar refractivity (Wildman–Crippen MR) is 95.0 cm³/mol. The third-order valence-corrected chi connectivity index (χ3v) is 3.90. The topological polar surface area (TPSA) is 76.7 Å². The lowest BCUT2D eigenvalue weighted by atomic mass is 10.1. The molecule has 6 nitrogen and oxygen atoms in total. The average molecular weight is 340 g/mol. The number of aryl methyl sites for hydroxylation is 2. The molecule has 0 saturated carbocycles. The molecule has 0 radical (unpaired) electrons. The summed E-state index contributed by atoms with van der Waals surface area (Å²) in [6.07, 6.45) is 0.984. The Morgan fingerprint density at radius 1 is 1.04 bits per heavy atom. The molecule has 2 aromatic carbocycles. The number of anilines is 2. The van der Waals surface area contributed by atoms with Crippen molar-refractivity contribution in [3.05, 3.63) is 47.5 Å². The second-order valence-electron chi connectivity index (χ2n) is 5.95. The first-order chi connectivity index (χ1) is 12.0. The van der Waals surface area contributed by atoms with Gasteiger partial charge in [-0.05, 0) is 54.8 Å². The Hall–Kier alpha value is -3.02. The minimum absolute atomic E-state index is 0.0654. The highest BCUT2D eigenvalue weighted by atomic mass is 16.7. The van der Waals surface area contributed by atoms with Crippen molar-refractivity contribution < 1.29 is 19.1 Å². The van der Waals surface area contributed by atoms with E-state index in [1.807, 2.05) is 31.2 Å². The summed E-state index contributed by atoms with van der Waals surface area (Å²) >= 11 is 0. The Morgan fingerprint density at radius 3 is 2.60 bits per heavy atom. The molecule has 0 aromatic heterocycles. The predicted octanol–water partition coefficient (Wildman–Crippen LogP) is 3.25. The van der Waals surface area contributed by atoms with Gasteiger partial charge in [-0.2, -0.15) is 0 Å². The molecule has 0 atom stereocenters. The van der Waals surface area contributed by atoms with Crippen molar-refractivity contribution in [3.8, 4) is 11.5 Å². The lowest BCUT2D eigenvalue weighted by molar-refractivity contribution is -0.116. The van der Waals surface area contributed by atoms with Crippen molar-refractivity contribution in [2.45, 2.75) is 26.7 Å². The van der Waals surface area contributed by atoms with Gasteiger partial charge in [-0.25, -0.2) is 0 Å². The SMILES string of the molecule is CC(=O)Nc1ccc(NC(=O)CCc2ccc3c(c2)OCO3)cc1C. The highest BCUT2D eigenvalue weighted by molar-refractivity contribution is 5.93. The Balaban J connectivity index is 1.55. The number of hydrogen-bond donors (Lipinski definition) is 2. The van der Waals surface area contributed by atoms with E-state index < -0.39 is 0 Å². The van der Waals surface area contributed by atoms with E-state index >= 15 is 0 Å². The molecule has 2 aromatic rings. The molecule has 3 rings (SSSR count). The van der Waals surface area contributed by atoms with Crippen LogP contribution in [-0.4, -0.2) is 18.6 Å². The van der Waals surface area contributed by atoms with Crippen LogP contribution in [0, 0.1) is 6.92 Å². The Bertz CT molecular complexity index is 817. The smallest absolute Gasteiger partial charge is 0.231 e. The van der Waals surface area contributed by atoms with Gasteiger partial charge in [-0.15, -0.1) is 0 Å². The highest BCUT2D eigenvalue weighted by Gasteiger charge is 2.13. The quantitative estimate of drug-likeness (QED) is 0.876. The number of nitrogens with one attached hydrogen (secondary N) is 2. The fourth-order valence-corrected chi connectivity index (χ4v) is 2.65. The number of amides is 2. The summed E-state index contributed by atoms with van der Waals surface area (Å²) in [5.41, 5.74) is 3.37. The molecule has 1 aliphatic heterocycles. The molecule has 1 heterocycles. The van der Waals surface area contributed by atoms with Gasteiger partial charge in [0.1, 0.15) is 0 Å². The normalized spacial score (nSPS) is 11.9. The van der Waals surface area contributed by atoms with Crippen LogP contribution < -0.4 is 20.1 Å². The summed E-state index contributed by atoms with van der Waals surface area (Å²) in [6.45, 7) is 3.59. The van der Waals surface area contributed by atoms with Gasteiger partial charge in [0.2, 0.25) is 18.6 Å². The van der Waals surface area contributed by atoms with Crippen LogP contribution in [0.25, 0.3) is 0 Å². The van der Waals surface area contributed by atoms with Crippen LogP contribution in [0.2, 0.25) is 0 Å². The van der Waals surface area contributed by atoms with E-state index in [2.05, 4.69) is 10.6 Å². The second kappa shape index (κ2) is 7.25. The van der Waals surface area contributed by atoms with E-state index in [9.17, 15) is 9.59 Å². The number of fused-ring (bicyclic) bond motifs is 1. The number of rotatable bonds is 5. The van der Waals surface area contributed by atoms with Crippen molar-refractivity contribution in [1.29, 1.82) is 0 Å². The summed E-state index contributed by atoms with van der Waals surface area (Å²) < 4.78 is 10.6. The molecule has 2 N–H and O–H groups in total. The number of ether oxygens (including phenoxy) is 2. The summed E-state index contributed by atoms with van der Waals surface area (Å²) in [6, 6.07) is 11.1. The van der Waals surface area contributed by atoms with Crippen molar-refractivity contribution >= 4 is 23.2 Å². The lowest BCUT2D eigenvalue weighted by Crippen LogP contribution is -2.13. The zero-order valence-corrected chi connectivity index (χ0v) is 14.2. The molecule has 2 amide bonds. The molecule has 0 aliphatic carbocycles. The van der Waals surface area contributed by atoms with Gasteiger partial charge in [0.15, 0.2) is 11.5 Å². The Morgan fingerprint density at radius 2 is 1.84 bits per heavy atom. The molecule has 0 spiro atoms. The van der Waals surface area contributed by atoms with Crippen LogP contribution in [0.3, 0.4) is 0 Å².